The molecule has 0 atom stereocenters. The van der Waals surface area contributed by atoms with Gasteiger partial charge < -0.3 is 12.4 Å². The molecule has 0 radical (unpaired) electrons. The van der Waals surface area contributed by atoms with Crippen LogP contribution in [0.1, 0.15) is 5.56 Å². The molecule has 17 heavy (non-hydrogen) atoms. The van der Waals surface area contributed by atoms with Gasteiger partial charge >= 0.3 is 16.0 Å². The van der Waals surface area contributed by atoms with E-state index in [9.17, 15) is 8.42 Å². The molecule has 1 rings (SSSR count). The summed E-state index contributed by atoms with van der Waals surface area (Å²) in [6.07, 6.45) is 1.51. The van der Waals surface area contributed by atoms with E-state index in [-0.39, 0.29) is 23.3 Å². The van der Waals surface area contributed by atoms with Crippen LogP contribution in [-0.2, 0) is 10.0 Å². The second-order valence-electron chi connectivity index (χ2n) is 3.07. The number of nitrogens with one attached hydrogen (secondary N) is 2. The van der Waals surface area contributed by atoms with Crippen molar-refractivity contribution in [3.63, 3.8) is 0 Å². The molecule has 6 nitrogen and oxygen atoms in total. The Morgan fingerprint density at radius 2 is 1.94 bits per heavy atom. The molecule has 1 aromatic rings. The average molecular weight is 275 g/mol. The highest BCUT2D eigenvalue weighted by Gasteiger charge is 2.14. The zero-order valence-corrected chi connectivity index (χ0v) is 10.5. The molecule has 0 aromatic heterocycles. The van der Waals surface area contributed by atoms with Gasteiger partial charge in [-0.2, -0.15) is 23.4 Å². The molecule has 0 bridgehead atoms. The minimum Gasteiger partial charge on any atom is -1.00 e. The number of nitriles is 1. The first-order chi connectivity index (χ1) is 7.45. The summed E-state index contributed by atoms with van der Waals surface area (Å²) in [6, 6.07) is 6.25. The molecule has 0 heterocycles. The van der Waals surface area contributed by atoms with Gasteiger partial charge in [-0.05, 0) is 19.1 Å². The number of hydrogen-bond acceptors (Lipinski definition) is 3. The third-order valence-corrected chi connectivity index (χ3v) is 3.15. The third kappa shape index (κ3) is 4.30. The summed E-state index contributed by atoms with van der Waals surface area (Å²) < 4.78 is 25.4. The fourth-order valence-electron chi connectivity index (χ4n) is 1.01. The van der Waals surface area contributed by atoms with Crippen LogP contribution in [0.15, 0.2) is 29.2 Å². The fourth-order valence-corrected chi connectivity index (χ4v) is 1.96. The first-order valence-corrected chi connectivity index (χ1v) is 5.81. The quantitative estimate of drug-likeness (QED) is 0.217. The number of hydrogen-bond donors (Lipinski definition) is 3. The highest BCUT2D eigenvalue weighted by molar-refractivity contribution is 7.84. The second kappa shape index (κ2) is 6.08. The number of benzene rings is 1. The summed E-state index contributed by atoms with van der Waals surface area (Å²) >= 11 is 0. The molecule has 0 aliphatic carbocycles. The van der Waals surface area contributed by atoms with Crippen molar-refractivity contribution < 1.29 is 25.2 Å². The summed E-state index contributed by atoms with van der Waals surface area (Å²) in [5.41, 5.74) is 6.18. The van der Waals surface area contributed by atoms with E-state index in [1.807, 2.05) is 16.6 Å². The Hall–Kier alpha value is -1.78. The lowest BCUT2D eigenvalue weighted by Crippen LogP contribution is -3.00. The van der Waals surface area contributed by atoms with E-state index in [1.165, 1.54) is 18.3 Å². The van der Waals surface area contributed by atoms with Gasteiger partial charge in [0, 0.05) is 0 Å². The van der Waals surface area contributed by atoms with E-state index < -0.39 is 10.0 Å². The van der Waals surface area contributed by atoms with Gasteiger partial charge in [-0.3, -0.25) is 5.73 Å². The predicted octanol–water partition coefficient (Wildman–Crippen LogP) is -4.85. The third-order valence-electron chi connectivity index (χ3n) is 1.77. The molecule has 0 amide bonds. The number of nitrogens with two attached hydrogens (primary N) is 1. The van der Waals surface area contributed by atoms with Crippen LogP contribution in [0.3, 0.4) is 0 Å². The molecule has 1 aromatic carbocycles. The lowest BCUT2D eigenvalue weighted by atomic mass is 10.2. The van der Waals surface area contributed by atoms with Crippen LogP contribution in [0.25, 0.3) is 0 Å². The fraction of sp³-hybridized carbons (Fsp3) is 0.111. The van der Waals surface area contributed by atoms with Crippen LogP contribution in [0.4, 0.5) is 0 Å². The molecule has 0 aliphatic heterocycles. The van der Waals surface area contributed by atoms with Gasteiger partial charge in [-0.25, -0.2) is 0 Å². The molecule has 92 valence electrons. The van der Waals surface area contributed by atoms with E-state index in [0.717, 1.165) is 5.56 Å². The largest absolute Gasteiger partial charge is 1.00 e. The van der Waals surface area contributed by atoms with Gasteiger partial charge in [-0.1, -0.05) is 17.7 Å². The smallest absolute Gasteiger partial charge is 0.370 e. The maximum atomic E-state index is 11.7. The molecule has 0 saturated heterocycles. The Labute approximate surface area is 106 Å². The number of rotatable bonds is 2. The molecular formula is C9H11ClN4O2S. The molecule has 0 saturated carbocycles. The highest BCUT2D eigenvalue weighted by Crippen LogP contribution is 2.06. The normalized spacial score (nSPS) is 11.2. The van der Waals surface area contributed by atoms with E-state index in [0.29, 0.717) is 0 Å². The van der Waals surface area contributed by atoms with E-state index >= 15 is 0 Å². The molecule has 0 aliphatic rings. The van der Waals surface area contributed by atoms with Crippen LogP contribution in [-0.4, -0.2) is 14.4 Å². The zero-order chi connectivity index (χ0) is 12.2. The lowest BCUT2D eigenvalue weighted by Gasteiger charge is -1.98. The predicted molar refractivity (Wildman–Crippen MR) is 57.3 cm³/mol. The number of aryl methyl sites for hydroxylation is 1. The molecule has 4 N–H and O–H groups in total. The van der Waals surface area contributed by atoms with Crippen molar-refractivity contribution in [2.75, 3.05) is 0 Å². The van der Waals surface area contributed by atoms with E-state index in [1.54, 1.807) is 12.1 Å². The van der Waals surface area contributed by atoms with Gasteiger partial charge in [0.25, 0.3) is 6.19 Å². The molecule has 0 unspecified atom stereocenters. The van der Waals surface area contributed by atoms with Crippen molar-refractivity contribution in [1.29, 1.82) is 5.26 Å². The van der Waals surface area contributed by atoms with Gasteiger partial charge in [0.2, 0.25) is 0 Å². The summed E-state index contributed by atoms with van der Waals surface area (Å²) in [5.74, 6) is -0.330. The minimum atomic E-state index is -3.72. The van der Waals surface area contributed by atoms with Crippen molar-refractivity contribution in [1.82, 2.24) is 5.32 Å². The van der Waals surface area contributed by atoms with E-state index in [2.05, 4.69) is 0 Å². The van der Waals surface area contributed by atoms with Crippen LogP contribution in [0, 0.1) is 18.4 Å². The Bertz CT molecular complexity index is 545. The standard InChI is InChI=1S/C9H10N4O2S.ClH/c1-7-2-4-8(5-3-7)16(14,15)13-9(11)12-6-10;/h2-5H,1H3,(H3,11,12,13);1H. The van der Waals surface area contributed by atoms with Crippen LogP contribution in [0.5, 0.6) is 0 Å². The van der Waals surface area contributed by atoms with Crippen molar-refractivity contribution in [3.8, 4) is 6.19 Å². The molecule has 0 fully saturated rings. The lowest BCUT2D eigenvalue weighted by molar-refractivity contribution is -0.271. The average Bonchev–Trinajstić information content (AvgIpc) is 2.17. The van der Waals surface area contributed by atoms with Crippen molar-refractivity contribution in [3.05, 3.63) is 29.8 Å². The highest BCUT2D eigenvalue weighted by atomic mass is 35.5. The second-order valence-corrected chi connectivity index (χ2v) is 4.75. The zero-order valence-electron chi connectivity index (χ0n) is 8.94. The van der Waals surface area contributed by atoms with Gasteiger partial charge in [0.05, 0.1) is 0 Å². The Morgan fingerprint density at radius 3 is 2.41 bits per heavy atom. The van der Waals surface area contributed by atoms with E-state index in [4.69, 9.17) is 11.0 Å². The van der Waals surface area contributed by atoms with Crippen LogP contribution < -0.4 is 27.9 Å². The molecule has 0 spiro atoms. The Balaban J connectivity index is 0.00000256. The molecular weight excluding hydrogens is 264 g/mol. The van der Waals surface area contributed by atoms with Crippen molar-refractivity contribution in [2.24, 2.45) is 5.73 Å². The monoisotopic (exact) mass is 274 g/mol. The molecule has 8 heteroatoms. The van der Waals surface area contributed by atoms with Gasteiger partial charge in [0.15, 0.2) is 0 Å². The van der Waals surface area contributed by atoms with Gasteiger partial charge in [0.1, 0.15) is 4.90 Å². The summed E-state index contributed by atoms with van der Waals surface area (Å²) in [6.45, 7) is 1.85. The number of sulfonamides is 1. The van der Waals surface area contributed by atoms with Crippen LogP contribution in [0.2, 0.25) is 0 Å². The van der Waals surface area contributed by atoms with Crippen molar-refractivity contribution >= 4 is 16.0 Å². The number of guanidine groups is 1. The summed E-state index contributed by atoms with van der Waals surface area (Å²) in [7, 11) is -3.72. The minimum absolute atomic E-state index is 0. The topological polar surface area (TPSA) is 110 Å². The van der Waals surface area contributed by atoms with Gasteiger partial charge in [-0.15, -0.1) is 0 Å². The van der Waals surface area contributed by atoms with Crippen molar-refractivity contribution in [2.45, 2.75) is 11.8 Å². The maximum Gasteiger partial charge on any atom is 0.370 e. The summed E-state index contributed by atoms with van der Waals surface area (Å²) in [4.78, 5) is 0.0841. The first kappa shape index (κ1) is 15.2. The summed E-state index contributed by atoms with van der Waals surface area (Å²) in [5, 5.41) is 10.2. The Morgan fingerprint density at radius 1 is 1.41 bits per heavy atom. The number of halogens is 1. The Kier molecular flexibility index (Phi) is 5.44. The first-order valence-electron chi connectivity index (χ1n) is 4.33. The number of nitrogens with zero attached hydrogens (tertiary/aromatic N) is 1. The van der Waals surface area contributed by atoms with Crippen LogP contribution >= 0.6 is 0 Å². The SMILES string of the molecule is Cc1ccc(S(=O)(=O)/[NH+]=C(\N)NC#N)cc1.[Cl-]. The maximum absolute atomic E-state index is 11.7.